The van der Waals surface area contributed by atoms with Crippen LogP contribution in [0.2, 0.25) is 0 Å². The Kier molecular flexibility index (Phi) is 2.09. The molecule has 2 atom stereocenters. The Labute approximate surface area is 112 Å². The molecular formula is C14H20FN3O. The number of nitrogens with zero attached hydrogens (tertiary/aromatic N) is 1. The van der Waals surface area contributed by atoms with Crippen molar-refractivity contribution in [1.29, 1.82) is 0 Å². The van der Waals surface area contributed by atoms with Gasteiger partial charge in [0.2, 0.25) is 5.91 Å². The lowest BCUT2D eigenvalue weighted by Gasteiger charge is -2.58. The van der Waals surface area contributed by atoms with Crippen LogP contribution in [0.15, 0.2) is 11.9 Å². The van der Waals surface area contributed by atoms with Gasteiger partial charge in [-0.25, -0.2) is 4.39 Å². The van der Waals surface area contributed by atoms with Gasteiger partial charge in [-0.3, -0.25) is 15.2 Å². The minimum absolute atomic E-state index is 0.0559. The zero-order valence-electron chi connectivity index (χ0n) is 11.0. The zero-order valence-corrected chi connectivity index (χ0v) is 11.0. The molecular weight excluding hydrogens is 245 g/mol. The highest BCUT2D eigenvalue weighted by molar-refractivity contribution is 5.83. The van der Waals surface area contributed by atoms with Crippen LogP contribution in [0, 0.1) is 17.3 Å². The number of carbonyl (C=O) groups is 1. The van der Waals surface area contributed by atoms with Crippen LogP contribution in [0.25, 0.3) is 0 Å². The Morgan fingerprint density at radius 2 is 2.05 bits per heavy atom. The second-order valence-corrected chi connectivity index (χ2v) is 7.08. The molecule has 4 fully saturated rings. The van der Waals surface area contributed by atoms with Gasteiger partial charge in [0, 0.05) is 0 Å². The third kappa shape index (κ3) is 1.60. The first kappa shape index (κ1) is 11.6. The Balaban J connectivity index is 1.62. The average molecular weight is 265 g/mol. The van der Waals surface area contributed by atoms with Gasteiger partial charge in [-0.15, -0.1) is 0 Å². The monoisotopic (exact) mass is 265 g/mol. The van der Waals surface area contributed by atoms with Gasteiger partial charge in [-0.2, -0.15) is 0 Å². The molecule has 0 aromatic rings. The van der Waals surface area contributed by atoms with E-state index in [1.54, 1.807) is 11.1 Å². The Morgan fingerprint density at radius 1 is 1.37 bits per heavy atom. The van der Waals surface area contributed by atoms with E-state index in [9.17, 15) is 9.18 Å². The summed E-state index contributed by atoms with van der Waals surface area (Å²) < 4.78 is 14.8. The van der Waals surface area contributed by atoms with Crippen molar-refractivity contribution < 1.29 is 9.18 Å². The van der Waals surface area contributed by atoms with Gasteiger partial charge in [0.15, 0.2) is 0 Å². The fourth-order valence-electron chi connectivity index (χ4n) is 5.26. The summed E-state index contributed by atoms with van der Waals surface area (Å²) in [5, 5.41) is 1.58. The minimum Gasteiger partial charge on any atom is -0.384 e. The summed E-state index contributed by atoms with van der Waals surface area (Å²) in [6.45, 7) is 0.501. The van der Waals surface area contributed by atoms with Gasteiger partial charge < -0.3 is 5.73 Å². The number of hydrogen-bond donors (Lipinski definition) is 2. The molecule has 4 bridgehead atoms. The standard InChI is InChI=1S/C14H20FN3O/c15-14-6-9-3-10(7-14)5-13(4-9,8-14)12(19)18-2-1-11(16)17-18/h1,9-10,17H,2-8,16H2. The normalized spacial score (nSPS) is 47.2. The number of hydrogen-bond acceptors (Lipinski definition) is 3. The predicted octanol–water partition coefficient (Wildman–Crippen LogP) is 1.44. The number of alkyl halides is 1. The number of rotatable bonds is 1. The van der Waals surface area contributed by atoms with E-state index >= 15 is 0 Å². The highest BCUT2D eigenvalue weighted by atomic mass is 19.1. The van der Waals surface area contributed by atoms with Gasteiger partial charge >= 0.3 is 0 Å². The van der Waals surface area contributed by atoms with E-state index in [-0.39, 0.29) is 5.91 Å². The molecule has 2 unspecified atom stereocenters. The quantitative estimate of drug-likeness (QED) is 0.754. The van der Waals surface area contributed by atoms with Crippen LogP contribution in [0.1, 0.15) is 38.5 Å². The second kappa shape index (κ2) is 3.44. The van der Waals surface area contributed by atoms with Crippen molar-refractivity contribution in [3.63, 3.8) is 0 Å². The number of amides is 1. The van der Waals surface area contributed by atoms with Crippen LogP contribution >= 0.6 is 0 Å². The molecule has 5 rings (SSSR count). The molecule has 0 aromatic heterocycles. The van der Waals surface area contributed by atoms with E-state index in [0.717, 1.165) is 19.3 Å². The van der Waals surface area contributed by atoms with E-state index in [4.69, 9.17) is 5.73 Å². The third-order valence-corrected chi connectivity index (χ3v) is 5.45. The van der Waals surface area contributed by atoms with Gasteiger partial charge in [0.05, 0.1) is 12.0 Å². The summed E-state index contributed by atoms with van der Waals surface area (Å²) in [5.41, 5.74) is 7.00. The first-order valence-corrected chi connectivity index (χ1v) is 7.21. The Bertz CT molecular complexity index is 461. The first-order valence-electron chi connectivity index (χ1n) is 7.21. The Morgan fingerprint density at radius 3 is 2.58 bits per heavy atom. The lowest BCUT2D eigenvalue weighted by molar-refractivity contribution is -0.172. The van der Waals surface area contributed by atoms with Crippen molar-refractivity contribution in [2.75, 3.05) is 6.54 Å². The van der Waals surface area contributed by atoms with E-state index in [2.05, 4.69) is 5.43 Å². The van der Waals surface area contributed by atoms with Gasteiger partial charge in [-0.05, 0) is 56.4 Å². The average Bonchev–Trinajstić information content (AvgIpc) is 2.71. The van der Waals surface area contributed by atoms with Crippen LogP contribution in [-0.2, 0) is 4.79 Å². The molecule has 0 spiro atoms. The van der Waals surface area contributed by atoms with E-state index in [0.29, 0.717) is 43.5 Å². The van der Waals surface area contributed by atoms with Crippen LogP contribution in [0.4, 0.5) is 4.39 Å². The molecule has 19 heavy (non-hydrogen) atoms. The van der Waals surface area contributed by atoms with Crippen LogP contribution in [0.5, 0.6) is 0 Å². The molecule has 1 heterocycles. The zero-order chi connectivity index (χ0) is 13.3. The largest absolute Gasteiger partial charge is 0.384 e. The smallest absolute Gasteiger partial charge is 0.247 e. The number of hydrazine groups is 1. The van der Waals surface area contributed by atoms with Crippen LogP contribution in [0.3, 0.4) is 0 Å². The number of carbonyl (C=O) groups excluding carboxylic acids is 1. The summed E-state index contributed by atoms with van der Waals surface area (Å²) in [5.74, 6) is 1.39. The minimum atomic E-state index is -1.08. The number of nitrogens with two attached hydrogens (primary N) is 1. The van der Waals surface area contributed by atoms with Crippen molar-refractivity contribution in [3.05, 3.63) is 11.9 Å². The van der Waals surface area contributed by atoms with E-state index < -0.39 is 11.1 Å². The van der Waals surface area contributed by atoms with Crippen molar-refractivity contribution in [3.8, 4) is 0 Å². The number of halogens is 1. The van der Waals surface area contributed by atoms with Crippen molar-refractivity contribution in [2.24, 2.45) is 23.0 Å². The molecule has 5 heteroatoms. The maximum atomic E-state index is 14.8. The van der Waals surface area contributed by atoms with Crippen LogP contribution < -0.4 is 11.2 Å². The maximum absolute atomic E-state index is 14.8. The predicted molar refractivity (Wildman–Crippen MR) is 68.1 cm³/mol. The molecule has 0 radical (unpaired) electrons. The molecule has 5 aliphatic rings. The molecule has 0 saturated heterocycles. The summed E-state index contributed by atoms with van der Waals surface area (Å²) in [4.78, 5) is 12.8. The lowest BCUT2D eigenvalue weighted by Crippen LogP contribution is -2.60. The Hall–Kier alpha value is -1.26. The molecule has 104 valence electrons. The van der Waals surface area contributed by atoms with Gasteiger partial charge in [-0.1, -0.05) is 0 Å². The summed E-state index contributed by atoms with van der Waals surface area (Å²) in [7, 11) is 0. The van der Waals surface area contributed by atoms with Crippen molar-refractivity contribution >= 4 is 5.91 Å². The lowest BCUT2D eigenvalue weighted by atomic mass is 9.48. The first-order chi connectivity index (χ1) is 8.98. The fraction of sp³-hybridized carbons (Fsp3) is 0.786. The molecule has 4 nitrogen and oxygen atoms in total. The van der Waals surface area contributed by atoms with Gasteiger partial charge in [0.1, 0.15) is 11.5 Å². The molecule has 4 saturated carbocycles. The highest BCUT2D eigenvalue weighted by Gasteiger charge is 2.62. The fourth-order valence-corrected chi connectivity index (χ4v) is 5.26. The number of nitrogens with one attached hydrogen (secondary N) is 1. The maximum Gasteiger partial charge on any atom is 0.247 e. The molecule has 4 aliphatic carbocycles. The SMILES string of the molecule is NC1=CCN(C(=O)C23CC4CC(CC(F)(C4)C2)C3)N1. The van der Waals surface area contributed by atoms with Crippen LogP contribution in [-0.4, -0.2) is 23.1 Å². The van der Waals surface area contributed by atoms with E-state index in [1.807, 2.05) is 0 Å². The summed E-state index contributed by atoms with van der Waals surface area (Å²) >= 11 is 0. The molecule has 0 aromatic carbocycles. The molecule has 3 N–H and O–H groups in total. The van der Waals surface area contributed by atoms with E-state index in [1.165, 1.54) is 0 Å². The van der Waals surface area contributed by atoms with Gasteiger partial charge in [0.25, 0.3) is 0 Å². The topological polar surface area (TPSA) is 58.4 Å². The summed E-state index contributed by atoms with van der Waals surface area (Å²) in [6, 6.07) is 0. The molecule has 1 amide bonds. The third-order valence-electron chi connectivity index (χ3n) is 5.45. The van der Waals surface area contributed by atoms with Crippen molar-refractivity contribution in [2.45, 2.75) is 44.2 Å². The molecule has 1 aliphatic heterocycles. The highest BCUT2D eigenvalue weighted by Crippen LogP contribution is 2.63. The van der Waals surface area contributed by atoms with Crippen molar-refractivity contribution in [1.82, 2.24) is 10.4 Å². The second-order valence-electron chi connectivity index (χ2n) is 7.08. The summed E-state index contributed by atoms with van der Waals surface area (Å²) in [6.07, 6.45) is 6.42.